The van der Waals surface area contributed by atoms with E-state index >= 15 is 0 Å². The Labute approximate surface area is 131 Å². The van der Waals surface area contributed by atoms with E-state index in [9.17, 15) is 4.79 Å². The molecule has 0 fully saturated rings. The lowest BCUT2D eigenvalue weighted by Crippen LogP contribution is -2.44. The molecule has 2 aromatic rings. The van der Waals surface area contributed by atoms with Crippen molar-refractivity contribution in [2.75, 3.05) is 11.5 Å². The zero-order valence-corrected chi connectivity index (χ0v) is 12.3. The van der Waals surface area contributed by atoms with Gasteiger partial charge in [-0.1, -0.05) is 12.1 Å². The van der Waals surface area contributed by atoms with Crippen LogP contribution in [0, 0.1) is 0 Å². The van der Waals surface area contributed by atoms with Gasteiger partial charge in [0.15, 0.2) is 23.9 Å². The second-order valence-corrected chi connectivity index (χ2v) is 4.88. The van der Waals surface area contributed by atoms with Gasteiger partial charge in [-0.3, -0.25) is 0 Å². The van der Waals surface area contributed by atoms with Crippen molar-refractivity contribution in [3.05, 3.63) is 30.1 Å². The van der Waals surface area contributed by atoms with Crippen molar-refractivity contribution < 1.29 is 19.0 Å². The number of rotatable bonds is 3. The third-order valence-electron chi connectivity index (χ3n) is 3.13. The highest BCUT2D eigenvalue weighted by molar-refractivity contribution is 5.76. The van der Waals surface area contributed by atoms with Crippen LogP contribution in [0.4, 0.5) is 11.9 Å². The summed E-state index contributed by atoms with van der Waals surface area (Å²) in [4.78, 5) is 23.5. The van der Waals surface area contributed by atoms with E-state index < -0.39 is 18.2 Å². The third kappa shape index (κ3) is 3.23. The zero-order chi connectivity index (χ0) is 16.4. The minimum Gasteiger partial charge on any atom is -0.482 e. The Morgan fingerprint density at radius 3 is 2.39 bits per heavy atom. The molecule has 0 aliphatic carbocycles. The van der Waals surface area contributed by atoms with Gasteiger partial charge in [0.1, 0.15) is 6.10 Å². The smallest absolute Gasteiger partial charge is 0.351 e. The van der Waals surface area contributed by atoms with Gasteiger partial charge in [-0.2, -0.15) is 15.0 Å². The highest BCUT2D eigenvalue weighted by Gasteiger charge is 2.35. The highest BCUT2D eigenvalue weighted by atomic mass is 16.6. The van der Waals surface area contributed by atoms with Gasteiger partial charge >= 0.3 is 5.97 Å². The zero-order valence-electron chi connectivity index (χ0n) is 12.3. The number of carbonyl (C=O) groups is 1. The third-order valence-corrected chi connectivity index (χ3v) is 3.13. The molecular formula is C14H15N5O4. The Kier molecular flexibility index (Phi) is 3.83. The van der Waals surface area contributed by atoms with Gasteiger partial charge in [0.2, 0.25) is 18.0 Å². The largest absolute Gasteiger partial charge is 0.482 e. The second-order valence-electron chi connectivity index (χ2n) is 4.88. The fourth-order valence-corrected chi connectivity index (χ4v) is 2.12. The lowest BCUT2D eigenvalue weighted by atomic mass is 10.2. The van der Waals surface area contributed by atoms with Crippen LogP contribution in [0.1, 0.15) is 12.7 Å². The summed E-state index contributed by atoms with van der Waals surface area (Å²) in [5.74, 6) is 0.562. The quantitative estimate of drug-likeness (QED) is 0.766. The molecule has 0 spiro atoms. The van der Waals surface area contributed by atoms with Crippen LogP contribution in [0.5, 0.6) is 11.5 Å². The predicted octanol–water partition coefficient (Wildman–Crippen LogP) is 0.308. The Morgan fingerprint density at radius 2 is 1.74 bits per heavy atom. The molecule has 2 heterocycles. The van der Waals surface area contributed by atoms with E-state index in [0.29, 0.717) is 11.5 Å². The first-order chi connectivity index (χ1) is 11.0. The SMILES string of the molecule is C[C@H]1Oc2ccccc2O[C@H]1C(=O)OCc1nc(N)nc(N)n1. The molecule has 3 rings (SSSR count). The maximum Gasteiger partial charge on any atom is 0.351 e. The van der Waals surface area contributed by atoms with E-state index in [1.807, 2.05) is 6.07 Å². The molecule has 0 saturated heterocycles. The number of aromatic nitrogens is 3. The Morgan fingerprint density at radius 1 is 1.13 bits per heavy atom. The van der Waals surface area contributed by atoms with Crippen molar-refractivity contribution in [3.8, 4) is 11.5 Å². The summed E-state index contributed by atoms with van der Waals surface area (Å²) < 4.78 is 16.4. The minimum atomic E-state index is -0.888. The first-order valence-electron chi connectivity index (χ1n) is 6.88. The first-order valence-corrected chi connectivity index (χ1v) is 6.88. The molecule has 0 saturated carbocycles. The number of ether oxygens (including phenoxy) is 3. The number of hydrogen-bond donors (Lipinski definition) is 2. The minimum absolute atomic E-state index is 0.0388. The van der Waals surface area contributed by atoms with Crippen LogP contribution in [0.15, 0.2) is 24.3 Å². The standard InChI is InChI=1S/C14H15N5O4/c1-7-11(23-9-5-3-2-4-8(9)22-7)12(20)21-6-10-17-13(15)19-14(16)18-10/h2-5,7,11H,6H2,1H3,(H4,15,16,17,18,19)/t7-,11-/m1/s1. The van der Waals surface area contributed by atoms with E-state index in [2.05, 4.69) is 15.0 Å². The number of nitrogens with two attached hydrogens (primary N) is 2. The number of benzene rings is 1. The number of hydrogen-bond acceptors (Lipinski definition) is 9. The molecule has 4 N–H and O–H groups in total. The van der Waals surface area contributed by atoms with Crippen LogP contribution in [-0.2, 0) is 16.1 Å². The van der Waals surface area contributed by atoms with Gasteiger partial charge in [0.25, 0.3) is 0 Å². The number of carbonyl (C=O) groups excluding carboxylic acids is 1. The van der Waals surface area contributed by atoms with Crippen LogP contribution in [0.25, 0.3) is 0 Å². The van der Waals surface area contributed by atoms with E-state index in [0.717, 1.165) is 0 Å². The number of nitrogens with zero attached hydrogens (tertiary/aromatic N) is 3. The topological polar surface area (TPSA) is 135 Å². The van der Waals surface area contributed by atoms with Crippen molar-refractivity contribution in [2.24, 2.45) is 0 Å². The lowest BCUT2D eigenvalue weighted by molar-refractivity contribution is -0.159. The van der Waals surface area contributed by atoms with Crippen LogP contribution in [0.3, 0.4) is 0 Å². The number of anilines is 2. The molecule has 0 unspecified atom stereocenters. The summed E-state index contributed by atoms with van der Waals surface area (Å²) in [6.07, 6.45) is -1.38. The molecule has 120 valence electrons. The molecule has 1 aliphatic heterocycles. The highest BCUT2D eigenvalue weighted by Crippen LogP contribution is 2.33. The predicted molar refractivity (Wildman–Crippen MR) is 79.4 cm³/mol. The molecule has 1 aromatic heterocycles. The van der Waals surface area contributed by atoms with E-state index in [1.165, 1.54) is 0 Å². The molecule has 1 aliphatic rings. The van der Waals surface area contributed by atoms with Crippen LogP contribution >= 0.6 is 0 Å². The fraction of sp³-hybridized carbons (Fsp3) is 0.286. The lowest BCUT2D eigenvalue weighted by Gasteiger charge is -2.30. The van der Waals surface area contributed by atoms with Gasteiger partial charge in [-0.25, -0.2) is 4.79 Å². The molecular weight excluding hydrogens is 302 g/mol. The van der Waals surface area contributed by atoms with Gasteiger partial charge in [0, 0.05) is 0 Å². The van der Waals surface area contributed by atoms with Crippen molar-refractivity contribution in [2.45, 2.75) is 25.7 Å². The summed E-state index contributed by atoms with van der Waals surface area (Å²) in [5, 5.41) is 0. The van der Waals surface area contributed by atoms with Crippen molar-refractivity contribution in [3.63, 3.8) is 0 Å². The molecule has 9 heteroatoms. The fourth-order valence-electron chi connectivity index (χ4n) is 2.12. The molecule has 0 radical (unpaired) electrons. The van der Waals surface area contributed by atoms with Gasteiger partial charge < -0.3 is 25.7 Å². The van der Waals surface area contributed by atoms with Crippen LogP contribution in [0.2, 0.25) is 0 Å². The maximum absolute atomic E-state index is 12.2. The maximum atomic E-state index is 12.2. The monoisotopic (exact) mass is 317 g/mol. The second kappa shape index (κ2) is 5.95. The first kappa shape index (κ1) is 14.8. The Hall–Kier alpha value is -3.10. The van der Waals surface area contributed by atoms with Crippen molar-refractivity contribution >= 4 is 17.9 Å². The van der Waals surface area contributed by atoms with Crippen molar-refractivity contribution in [1.29, 1.82) is 0 Å². The number of esters is 1. The van der Waals surface area contributed by atoms with Gasteiger partial charge in [0.05, 0.1) is 0 Å². The molecule has 2 atom stereocenters. The molecule has 1 aromatic carbocycles. The summed E-state index contributed by atoms with van der Waals surface area (Å²) >= 11 is 0. The Bertz CT molecular complexity index is 719. The Balaban J connectivity index is 1.66. The summed E-state index contributed by atoms with van der Waals surface area (Å²) in [5.41, 5.74) is 10.9. The summed E-state index contributed by atoms with van der Waals surface area (Å²) in [6.45, 7) is 1.53. The van der Waals surface area contributed by atoms with Crippen molar-refractivity contribution in [1.82, 2.24) is 15.0 Å². The molecule has 0 bridgehead atoms. The van der Waals surface area contributed by atoms with E-state index in [4.69, 9.17) is 25.7 Å². The average Bonchev–Trinajstić information content (AvgIpc) is 2.51. The number of fused-ring (bicyclic) bond motifs is 1. The number of nitrogen functional groups attached to an aromatic ring is 2. The van der Waals surface area contributed by atoms with E-state index in [-0.39, 0.29) is 24.3 Å². The molecule has 9 nitrogen and oxygen atoms in total. The number of para-hydroxylation sites is 2. The molecule has 0 amide bonds. The van der Waals surface area contributed by atoms with Gasteiger partial charge in [-0.05, 0) is 19.1 Å². The average molecular weight is 317 g/mol. The van der Waals surface area contributed by atoms with Gasteiger partial charge in [-0.15, -0.1) is 0 Å². The summed E-state index contributed by atoms with van der Waals surface area (Å²) in [6, 6.07) is 7.10. The van der Waals surface area contributed by atoms with Crippen LogP contribution < -0.4 is 20.9 Å². The van der Waals surface area contributed by atoms with E-state index in [1.54, 1.807) is 25.1 Å². The van der Waals surface area contributed by atoms with Crippen LogP contribution in [-0.4, -0.2) is 33.1 Å². The normalized spacial score (nSPS) is 19.2. The molecule has 23 heavy (non-hydrogen) atoms. The summed E-state index contributed by atoms with van der Waals surface area (Å²) in [7, 11) is 0.